The van der Waals surface area contributed by atoms with Gasteiger partial charge in [0, 0.05) is 43.3 Å². The quantitative estimate of drug-likeness (QED) is 0.160. The van der Waals surface area contributed by atoms with Crippen LogP contribution in [0, 0.1) is 30.6 Å². The van der Waals surface area contributed by atoms with Gasteiger partial charge in [0.15, 0.2) is 5.96 Å². The van der Waals surface area contributed by atoms with Crippen molar-refractivity contribution in [3.05, 3.63) is 47.7 Å². The van der Waals surface area contributed by atoms with Crippen LogP contribution in [0.15, 0.2) is 41.5 Å². The molecule has 1 saturated carbocycles. The summed E-state index contributed by atoms with van der Waals surface area (Å²) < 4.78 is 0. The van der Waals surface area contributed by atoms with Crippen molar-refractivity contribution < 1.29 is 9.59 Å². The topological polar surface area (TPSA) is 89.6 Å². The lowest BCUT2D eigenvalue weighted by Gasteiger charge is -2.18. The van der Waals surface area contributed by atoms with Crippen molar-refractivity contribution in [3.63, 3.8) is 0 Å². The minimum atomic E-state index is -0.126. The highest BCUT2D eigenvalue weighted by Crippen LogP contribution is 2.52. The molecule has 1 aromatic heterocycles. The summed E-state index contributed by atoms with van der Waals surface area (Å²) in [6.45, 7) is 6.42. The number of fused-ring (bicyclic) bond motifs is 6. The number of hydrogen-bond donors (Lipinski definition) is 3. The van der Waals surface area contributed by atoms with E-state index in [1.54, 1.807) is 0 Å². The van der Waals surface area contributed by atoms with Crippen LogP contribution in [0.2, 0.25) is 0 Å². The van der Waals surface area contributed by atoms with Gasteiger partial charge in [0.05, 0.1) is 11.8 Å². The summed E-state index contributed by atoms with van der Waals surface area (Å²) >= 11 is 0. The molecule has 2 aromatic rings. The van der Waals surface area contributed by atoms with Crippen molar-refractivity contribution >= 4 is 52.7 Å². The second-order valence-electron chi connectivity index (χ2n) is 9.08. The largest absolute Gasteiger partial charge is 0.361 e. The first-order valence-corrected chi connectivity index (χ1v) is 11.7. The number of H-pyrrole nitrogens is 1. The van der Waals surface area contributed by atoms with Crippen LogP contribution < -0.4 is 10.6 Å². The Bertz CT molecular complexity index is 1080. The number of allylic oxidation sites excluding steroid dienone is 2. The molecule has 8 heteroatoms. The van der Waals surface area contributed by atoms with Crippen LogP contribution >= 0.6 is 24.0 Å². The number of rotatable bonds is 7. The van der Waals surface area contributed by atoms with Crippen molar-refractivity contribution in [1.82, 2.24) is 20.5 Å². The van der Waals surface area contributed by atoms with E-state index in [-0.39, 0.29) is 59.5 Å². The Labute approximate surface area is 211 Å². The van der Waals surface area contributed by atoms with Gasteiger partial charge in [-0.2, -0.15) is 0 Å². The number of imide groups is 1. The Balaban J connectivity index is 0.00000259. The molecule has 2 aliphatic carbocycles. The van der Waals surface area contributed by atoms with Gasteiger partial charge in [-0.25, -0.2) is 0 Å². The van der Waals surface area contributed by atoms with Crippen LogP contribution in [0.5, 0.6) is 0 Å². The number of para-hydroxylation sites is 1. The fourth-order valence-corrected chi connectivity index (χ4v) is 5.67. The van der Waals surface area contributed by atoms with Crippen LogP contribution in [0.3, 0.4) is 0 Å². The van der Waals surface area contributed by atoms with Gasteiger partial charge in [0.2, 0.25) is 11.8 Å². The lowest BCUT2D eigenvalue weighted by Crippen LogP contribution is -2.43. The first kappa shape index (κ1) is 23.8. The fraction of sp³-hybridized carbons (Fsp3) is 0.480. The first-order chi connectivity index (χ1) is 15.6. The Kier molecular flexibility index (Phi) is 7.11. The van der Waals surface area contributed by atoms with Gasteiger partial charge in [-0.15, -0.1) is 24.0 Å². The van der Waals surface area contributed by atoms with Crippen LogP contribution in [0.4, 0.5) is 0 Å². The molecule has 2 bridgehead atoms. The molecule has 33 heavy (non-hydrogen) atoms. The van der Waals surface area contributed by atoms with Gasteiger partial charge in [0.25, 0.3) is 0 Å². The van der Waals surface area contributed by atoms with E-state index in [1.807, 2.05) is 6.92 Å². The zero-order chi connectivity index (χ0) is 22.2. The van der Waals surface area contributed by atoms with Crippen LogP contribution in [-0.2, 0) is 16.0 Å². The number of aromatic nitrogens is 1. The lowest BCUT2D eigenvalue weighted by atomic mass is 9.85. The molecular formula is C25H32IN5O2. The van der Waals surface area contributed by atoms with Gasteiger partial charge < -0.3 is 15.6 Å². The summed E-state index contributed by atoms with van der Waals surface area (Å²) in [7, 11) is 0. The number of benzene rings is 1. The monoisotopic (exact) mass is 561 g/mol. The van der Waals surface area contributed by atoms with Crippen molar-refractivity contribution in [3.8, 4) is 0 Å². The van der Waals surface area contributed by atoms with Crippen molar-refractivity contribution in [2.75, 3.05) is 26.2 Å². The number of aromatic amines is 1. The van der Waals surface area contributed by atoms with E-state index in [4.69, 9.17) is 4.99 Å². The maximum absolute atomic E-state index is 12.8. The molecule has 2 amide bonds. The van der Waals surface area contributed by atoms with E-state index in [2.05, 4.69) is 59.1 Å². The lowest BCUT2D eigenvalue weighted by molar-refractivity contribution is -0.140. The highest BCUT2D eigenvalue weighted by atomic mass is 127. The molecule has 2 heterocycles. The predicted octanol–water partition coefficient (Wildman–Crippen LogP) is 3.00. The molecular weight excluding hydrogens is 529 g/mol. The number of aliphatic imine (C=N–C) groups is 1. The number of guanidine groups is 1. The average molecular weight is 561 g/mol. The van der Waals surface area contributed by atoms with E-state index in [9.17, 15) is 9.59 Å². The minimum Gasteiger partial charge on any atom is -0.361 e. The number of likely N-dealkylation sites (tertiary alicyclic amines) is 1. The number of hydrogen-bond acceptors (Lipinski definition) is 3. The molecule has 3 N–H and O–H groups in total. The molecule has 5 rings (SSSR count). The predicted molar refractivity (Wildman–Crippen MR) is 141 cm³/mol. The molecule has 1 aromatic carbocycles. The third-order valence-corrected chi connectivity index (χ3v) is 7.19. The Morgan fingerprint density at radius 2 is 1.88 bits per heavy atom. The smallest absolute Gasteiger partial charge is 0.233 e. The van der Waals surface area contributed by atoms with E-state index in [0.29, 0.717) is 25.6 Å². The normalized spacial score (nSPS) is 25.6. The molecule has 2 fully saturated rings. The number of nitrogens with zero attached hydrogens (tertiary/aromatic N) is 2. The number of amides is 2. The third-order valence-electron chi connectivity index (χ3n) is 7.19. The highest BCUT2D eigenvalue weighted by molar-refractivity contribution is 14.0. The summed E-state index contributed by atoms with van der Waals surface area (Å²) in [6.07, 6.45) is 8.12. The maximum atomic E-state index is 12.8. The highest BCUT2D eigenvalue weighted by Gasteiger charge is 2.58. The Morgan fingerprint density at radius 3 is 2.58 bits per heavy atom. The zero-order valence-electron chi connectivity index (χ0n) is 19.1. The molecule has 4 unspecified atom stereocenters. The van der Waals surface area contributed by atoms with Crippen molar-refractivity contribution in [2.45, 2.75) is 26.7 Å². The number of nitrogens with one attached hydrogen (secondary N) is 3. The van der Waals surface area contributed by atoms with Crippen LogP contribution in [0.25, 0.3) is 10.9 Å². The number of carbonyl (C=O) groups is 2. The second-order valence-corrected chi connectivity index (χ2v) is 9.08. The van der Waals surface area contributed by atoms with Gasteiger partial charge >= 0.3 is 0 Å². The van der Waals surface area contributed by atoms with E-state index in [1.165, 1.54) is 26.9 Å². The number of carbonyl (C=O) groups excluding carboxylic acids is 2. The van der Waals surface area contributed by atoms with Gasteiger partial charge in [-0.05, 0) is 49.7 Å². The van der Waals surface area contributed by atoms with E-state index in [0.717, 1.165) is 19.4 Å². The summed E-state index contributed by atoms with van der Waals surface area (Å²) in [6, 6.07) is 6.33. The second kappa shape index (κ2) is 9.87. The fourth-order valence-electron chi connectivity index (χ4n) is 5.67. The Morgan fingerprint density at radius 1 is 1.15 bits per heavy atom. The van der Waals surface area contributed by atoms with Gasteiger partial charge in [-0.1, -0.05) is 30.4 Å². The standard InChI is InChI=1S/C25H31N5O2.HI/c1-3-26-25(27-10-9-18-14-29-22-15(2)5-4-6-19(18)22)28-11-12-30-23(31)20-16-7-8-17(13-16)21(20)24(30)32;/h4-8,14,16-17,20-21,29H,3,9-13H2,1-2H3,(H2,26,27,28);1H. The van der Waals surface area contributed by atoms with Crippen LogP contribution in [-0.4, -0.2) is 53.8 Å². The molecule has 176 valence electrons. The maximum Gasteiger partial charge on any atom is 0.233 e. The van der Waals surface area contributed by atoms with E-state index >= 15 is 0 Å². The molecule has 7 nitrogen and oxygen atoms in total. The third kappa shape index (κ3) is 4.29. The summed E-state index contributed by atoms with van der Waals surface area (Å²) in [5, 5.41) is 7.79. The van der Waals surface area contributed by atoms with Crippen LogP contribution in [0.1, 0.15) is 24.5 Å². The van der Waals surface area contributed by atoms with Crippen molar-refractivity contribution in [2.24, 2.45) is 28.7 Å². The summed E-state index contributed by atoms with van der Waals surface area (Å²) in [4.78, 5) is 35.2. The summed E-state index contributed by atoms with van der Waals surface area (Å²) in [5.74, 6) is 0.992. The van der Waals surface area contributed by atoms with E-state index < -0.39 is 0 Å². The first-order valence-electron chi connectivity index (χ1n) is 11.7. The SMILES string of the molecule is CCNC(=NCCc1c[nH]c2c(C)cccc12)NCCN1C(=O)C2C3C=CC(C3)C2C1=O.I. The molecule has 0 radical (unpaired) electrons. The number of halogens is 1. The summed E-state index contributed by atoms with van der Waals surface area (Å²) in [5.41, 5.74) is 3.68. The van der Waals surface area contributed by atoms with Crippen molar-refractivity contribution in [1.29, 1.82) is 0 Å². The molecule has 0 spiro atoms. The molecule has 4 atom stereocenters. The zero-order valence-corrected chi connectivity index (χ0v) is 21.5. The average Bonchev–Trinajstić information content (AvgIpc) is 3.54. The molecule has 1 aliphatic heterocycles. The Hall–Kier alpha value is -2.36. The minimum absolute atomic E-state index is 0. The van der Waals surface area contributed by atoms with Gasteiger partial charge in [0.1, 0.15) is 0 Å². The number of aryl methyl sites for hydroxylation is 1. The van der Waals surface area contributed by atoms with Gasteiger partial charge in [-0.3, -0.25) is 19.5 Å². The molecule has 3 aliphatic rings. The molecule has 1 saturated heterocycles.